The van der Waals surface area contributed by atoms with Gasteiger partial charge in [0.05, 0.1) is 71.8 Å². The number of hydrogen-bond acceptors (Lipinski definition) is 14. The van der Waals surface area contributed by atoms with Crippen molar-refractivity contribution in [2.45, 2.75) is 64.8 Å². The molecule has 4 atom stereocenters. The molecular weight excluding hydrogens is 953 g/mol. The lowest BCUT2D eigenvalue weighted by atomic mass is 9.91. The number of fused-ring (bicyclic) bond motifs is 1. The number of aliphatic hydroxyl groups excluding tert-OH is 1. The van der Waals surface area contributed by atoms with E-state index in [1.807, 2.05) is 106 Å². The number of carbonyl (C=O) groups is 3. The topological polar surface area (TPSA) is 209 Å². The van der Waals surface area contributed by atoms with Crippen LogP contribution in [0.4, 0.5) is 11.4 Å². The van der Waals surface area contributed by atoms with Crippen molar-refractivity contribution in [3.05, 3.63) is 165 Å². The number of carbonyl (C=O) groups excluding carboxylic acids is 3. The standard InChI is InChI=1S/C55H58N6O11S/c1-35(2)51(55(65)60-33-43(62)30-48(60)53(63)57-36(3)40-16-18-41(19-17-40)52-37(4)56-34-73-52)49-31-50(58-72-49)71-29-27-69-25-24-68-26-28-70-44-22-14-39(15-23-44)32-59-47-11-6-5-9-45(47)46(54(59)64)10-7-8-38-12-20-42(21-13-38)61(66)67/h5-23,31,34-36,43,48,51,62H,24-30,32-33H2,1-4H3,(H,57,63)/b8-7+,46-10+/t36-,43+,48-,51?/m0/s1. The van der Waals surface area contributed by atoms with E-state index in [1.165, 1.54) is 17.0 Å². The molecule has 0 aliphatic carbocycles. The second-order valence-corrected chi connectivity index (χ2v) is 18.9. The van der Waals surface area contributed by atoms with Crippen LogP contribution in [0.5, 0.6) is 11.6 Å². The van der Waals surface area contributed by atoms with Gasteiger partial charge < -0.3 is 43.7 Å². The van der Waals surface area contributed by atoms with Gasteiger partial charge >= 0.3 is 0 Å². The van der Waals surface area contributed by atoms with E-state index in [2.05, 4.69) is 15.5 Å². The number of aryl methyl sites for hydroxylation is 1. The number of hydrogen-bond donors (Lipinski definition) is 2. The van der Waals surface area contributed by atoms with Crippen LogP contribution in [-0.2, 0) is 30.4 Å². The number of benzene rings is 4. The number of anilines is 1. The summed E-state index contributed by atoms with van der Waals surface area (Å²) in [6.45, 7) is 9.80. The van der Waals surface area contributed by atoms with Gasteiger partial charge in [0.15, 0.2) is 5.76 Å². The maximum absolute atomic E-state index is 14.1. The van der Waals surface area contributed by atoms with Crippen LogP contribution in [0.2, 0.25) is 0 Å². The largest absolute Gasteiger partial charge is 0.491 e. The van der Waals surface area contributed by atoms with E-state index in [9.17, 15) is 29.6 Å². The molecule has 17 nitrogen and oxygen atoms in total. The van der Waals surface area contributed by atoms with Gasteiger partial charge in [0.1, 0.15) is 30.9 Å². The van der Waals surface area contributed by atoms with Crippen LogP contribution >= 0.6 is 11.3 Å². The fraction of sp³-hybridized carbons (Fsp3) is 0.327. The molecule has 8 rings (SSSR count). The smallest absolute Gasteiger partial charge is 0.269 e. The van der Waals surface area contributed by atoms with Crippen molar-refractivity contribution in [3.8, 4) is 22.1 Å². The number of nitrogens with one attached hydrogen (secondary N) is 1. The number of non-ortho nitro benzene ring substituents is 1. The van der Waals surface area contributed by atoms with Gasteiger partial charge in [-0.2, -0.15) is 0 Å². The molecule has 1 fully saturated rings. The van der Waals surface area contributed by atoms with Crippen LogP contribution in [0.1, 0.15) is 72.9 Å². The first-order valence-electron chi connectivity index (χ1n) is 24.1. The van der Waals surface area contributed by atoms with Crippen molar-refractivity contribution in [2.75, 3.05) is 51.1 Å². The summed E-state index contributed by atoms with van der Waals surface area (Å²) in [5, 5.41) is 28.7. The summed E-state index contributed by atoms with van der Waals surface area (Å²) in [4.78, 5) is 60.5. The zero-order valence-corrected chi connectivity index (χ0v) is 41.9. The maximum Gasteiger partial charge on any atom is 0.269 e. The molecule has 2 N–H and O–H groups in total. The number of β-amino-alcohol motifs (C(OH)–C–C–N with tert-alkyl or cyclic N) is 1. The van der Waals surface area contributed by atoms with Crippen molar-refractivity contribution in [1.82, 2.24) is 20.4 Å². The maximum atomic E-state index is 14.1. The van der Waals surface area contributed by atoms with Gasteiger partial charge in [-0.05, 0) is 83.6 Å². The van der Waals surface area contributed by atoms with Crippen molar-refractivity contribution < 1.29 is 47.9 Å². The highest BCUT2D eigenvalue weighted by atomic mass is 32.1. The predicted octanol–water partition coefficient (Wildman–Crippen LogP) is 8.73. The molecule has 0 spiro atoms. The number of aliphatic hydroxyl groups is 1. The molecule has 0 radical (unpaired) electrons. The number of para-hydroxylation sites is 1. The summed E-state index contributed by atoms with van der Waals surface area (Å²) in [7, 11) is 0. The summed E-state index contributed by atoms with van der Waals surface area (Å²) in [6, 6.07) is 29.8. The summed E-state index contributed by atoms with van der Waals surface area (Å²) in [5.74, 6) is -0.611. The van der Waals surface area contributed by atoms with Crippen molar-refractivity contribution in [1.29, 1.82) is 0 Å². The van der Waals surface area contributed by atoms with Gasteiger partial charge in [-0.25, -0.2) is 4.98 Å². The number of likely N-dealkylation sites (tertiary alicyclic amines) is 1. The summed E-state index contributed by atoms with van der Waals surface area (Å²) in [6.07, 6.45) is 4.62. The third kappa shape index (κ3) is 12.9. The monoisotopic (exact) mass is 1010 g/mol. The first-order chi connectivity index (χ1) is 35.3. The third-order valence-corrected chi connectivity index (χ3v) is 13.6. The van der Waals surface area contributed by atoms with Gasteiger partial charge in [-0.1, -0.05) is 80.6 Å². The number of nitro groups is 1. The zero-order valence-electron chi connectivity index (χ0n) is 41.0. The van der Waals surface area contributed by atoms with Gasteiger partial charge in [0.25, 0.3) is 17.5 Å². The molecule has 4 heterocycles. The molecule has 3 amide bonds. The predicted molar refractivity (Wildman–Crippen MR) is 276 cm³/mol. The lowest BCUT2D eigenvalue weighted by Crippen LogP contribution is -2.48. The average Bonchev–Trinajstić information content (AvgIpc) is 4.19. The number of nitro benzene ring substituents is 1. The van der Waals surface area contributed by atoms with Crippen molar-refractivity contribution in [2.24, 2.45) is 5.92 Å². The number of allylic oxidation sites excluding steroid dienone is 2. The number of thiazole rings is 1. The Morgan fingerprint density at radius 2 is 1.63 bits per heavy atom. The van der Waals surface area contributed by atoms with E-state index in [1.54, 1.807) is 52.7 Å². The lowest BCUT2D eigenvalue weighted by Gasteiger charge is -2.29. The molecule has 0 saturated carbocycles. The molecule has 380 valence electrons. The Balaban J connectivity index is 0.721. The molecule has 1 unspecified atom stereocenters. The summed E-state index contributed by atoms with van der Waals surface area (Å²) < 4.78 is 28.6. The Hall–Kier alpha value is -7.51. The van der Waals surface area contributed by atoms with Crippen molar-refractivity contribution >= 4 is 52.1 Å². The van der Waals surface area contributed by atoms with E-state index < -0.39 is 23.0 Å². The molecular formula is C55H58N6O11S. The van der Waals surface area contributed by atoms with Crippen LogP contribution in [0, 0.1) is 23.0 Å². The van der Waals surface area contributed by atoms with Gasteiger partial charge in [-0.15, -0.1) is 11.3 Å². The molecule has 2 aromatic heterocycles. The average molecular weight is 1010 g/mol. The summed E-state index contributed by atoms with van der Waals surface area (Å²) in [5.41, 5.74) is 8.69. The normalized spacial score (nSPS) is 16.8. The van der Waals surface area contributed by atoms with E-state index in [-0.39, 0.29) is 67.4 Å². The third-order valence-electron chi connectivity index (χ3n) is 12.6. The molecule has 2 aliphatic heterocycles. The summed E-state index contributed by atoms with van der Waals surface area (Å²) >= 11 is 1.58. The molecule has 4 aromatic carbocycles. The highest BCUT2D eigenvalue weighted by Gasteiger charge is 2.43. The lowest BCUT2D eigenvalue weighted by molar-refractivity contribution is -0.384. The minimum absolute atomic E-state index is 0.0170. The Kier molecular flexibility index (Phi) is 17.2. The van der Waals surface area contributed by atoms with E-state index in [0.29, 0.717) is 50.1 Å². The first kappa shape index (κ1) is 51.8. The minimum atomic E-state index is -0.856. The molecule has 73 heavy (non-hydrogen) atoms. The van der Waals surface area contributed by atoms with Crippen LogP contribution in [-0.4, -0.2) is 101 Å². The van der Waals surface area contributed by atoms with E-state index in [0.717, 1.165) is 44.1 Å². The fourth-order valence-electron chi connectivity index (χ4n) is 8.81. The Morgan fingerprint density at radius 1 is 0.932 bits per heavy atom. The number of aromatic nitrogens is 2. The quantitative estimate of drug-likeness (QED) is 0.0267. The van der Waals surface area contributed by atoms with Crippen LogP contribution in [0.15, 0.2) is 125 Å². The second-order valence-electron chi connectivity index (χ2n) is 18.1. The van der Waals surface area contributed by atoms with E-state index in [4.69, 9.17) is 23.5 Å². The molecule has 1 saturated heterocycles. The first-order valence-corrected chi connectivity index (χ1v) is 25.0. The minimum Gasteiger partial charge on any atom is -0.491 e. The zero-order chi connectivity index (χ0) is 51.4. The number of rotatable bonds is 23. The van der Waals surface area contributed by atoms with Crippen LogP contribution < -0.4 is 19.7 Å². The Bertz CT molecular complexity index is 2920. The van der Waals surface area contributed by atoms with Gasteiger partial charge in [0, 0.05) is 42.3 Å². The molecule has 6 aromatic rings. The van der Waals surface area contributed by atoms with Crippen LogP contribution in [0.25, 0.3) is 22.1 Å². The highest BCUT2D eigenvalue weighted by Crippen LogP contribution is 2.38. The molecule has 18 heteroatoms. The SMILES string of the molecule is Cc1ncsc1-c1ccc([C@H](C)NC(=O)[C@@H]2C[C@@H](O)CN2C(=O)C(c2cc(OCCOCCOCCOc3ccc(CN4C(=O)/C(=C/C=C/c5ccc([N+](=O)[O-])cc5)c5ccccc54)cc3)no2)C(C)C)cc1. The number of nitrogens with zero attached hydrogens (tertiary/aromatic N) is 5. The number of amides is 3. The van der Waals surface area contributed by atoms with Gasteiger partial charge in [-0.3, -0.25) is 24.5 Å². The number of ether oxygens (including phenoxy) is 4. The Labute approximate surface area is 427 Å². The molecule has 0 bridgehead atoms. The van der Waals surface area contributed by atoms with Crippen molar-refractivity contribution in [3.63, 3.8) is 0 Å². The van der Waals surface area contributed by atoms with Gasteiger partial charge in [0.2, 0.25) is 11.8 Å². The Morgan fingerprint density at radius 3 is 2.32 bits per heavy atom. The van der Waals surface area contributed by atoms with E-state index >= 15 is 0 Å². The second kappa shape index (κ2) is 24.3. The van der Waals surface area contributed by atoms with Crippen LogP contribution in [0.3, 0.4) is 0 Å². The fourth-order valence-corrected chi connectivity index (χ4v) is 9.62. The highest BCUT2D eigenvalue weighted by molar-refractivity contribution is 7.13. The molecule has 2 aliphatic rings.